The van der Waals surface area contributed by atoms with Crippen LogP contribution in [0.4, 0.5) is 4.39 Å². The lowest BCUT2D eigenvalue weighted by Crippen LogP contribution is -2.40. The summed E-state index contributed by atoms with van der Waals surface area (Å²) in [6, 6.07) is 11.7. The lowest BCUT2D eigenvalue weighted by atomic mass is 9.90. The lowest BCUT2D eigenvalue weighted by Gasteiger charge is -2.35. The maximum Gasteiger partial charge on any atom is 0.295 e. The third-order valence-electron chi connectivity index (χ3n) is 6.09. The van der Waals surface area contributed by atoms with Gasteiger partial charge in [-0.15, -0.1) is 0 Å². The largest absolute Gasteiger partial charge is 0.507 e. The van der Waals surface area contributed by atoms with Crippen molar-refractivity contribution in [2.45, 2.75) is 51.1 Å². The van der Waals surface area contributed by atoms with E-state index in [-0.39, 0.29) is 22.9 Å². The van der Waals surface area contributed by atoms with Crippen molar-refractivity contribution in [2.75, 3.05) is 6.61 Å². The summed E-state index contributed by atoms with van der Waals surface area (Å²) in [6.07, 6.45) is 4.52. The van der Waals surface area contributed by atoms with Crippen LogP contribution in [0, 0.1) is 5.82 Å². The molecule has 2 aliphatic rings. The third-order valence-corrected chi connectivity index (χ3v) is 6.09. The van der Waals surface area contributed by atoms with Gasteiger partial charge in [-0.3, -0.25) is 9.59 Å². The van der Waals surface area contributed by atoms with Gasteiger partial charge in [-0.25, -0.2) is 4.39 Å². The number of amides is 1. The molecule has 0 bridgehead atoms. The molecule has 1 aliphatic heterocycles. The average molecular weight is 423 g/mol. The number of hydrogen-bond acceptors (Lipinski definition) is 4. The molecule has 1 amide bonds. The monoisotopic (exact) mass is 423 g/mol. The molecule has 0 radical (unpaired) electrons. The van der Waals surface area contributed by atoms with Crippen LogP contribution in [0.25, 0.3) is 5.76 Å². The van der Waals surface area contributed by atoms with Crippen molar-refractivity contribution in [1.29, 1.82) is 0 Å². The van der Waals surface area contributed by atoms with Crippen LogP contribution in [0.1, 0.15) is 56.2 Å². The fraction of sp³-hybridized carbons (Fsp3) is 0.360. The Morgan fingerprint density at radius 1 is 1.06 bits per heavy atom. The van der Waals surface area contributed by atoms with Crippen LogP contribution in [0.5, 0.6) is 5.75 Å². The smallest absolute Gasteiger partial charge is 0.295 e. The summed E-state index contributed by atoms with van der Waals surface area (Å²) in [6.45, 7) is 2.38. The molecule has 162 valence electrons. The highest BCUT2D eigenvalue weighted by molar-refractivity contribution is 6.46. The molecule has 31 heavy (non-hydrogen) atoms. The molecular formula is C25H26FNO4. The maximum atomic E-state index is 14.8. The predicted molar refractivity (Wildman–Crippen MR) is 115 cm³/mol. The fourth-order valence-electron chi connectivity index (χ4n) is 4.62. The van der Waals surface area contributed by atoms with Gasteiger partial charge in [0.25, 0.3) is 11.7 Å². The quantitative estimate of drug-likeness (QED) is 0.419. The van der Waals surface area contributed by atoms with Crippen LogP contribution in [-0.2, 0) is 9.59 Å². The Morgan fingerprint density at radius 3 is 2.39 bits per heavy atom. The number of carbonyl (C=O) groups is 2. The molecule has 1 unspecified atom stereocenters. The number of rotatable bonds is 5. The van der Waals surface area contributed by atoms with Gasteiger partial charge in [0.1, 0.15) is 17.3 Å². The Labute approximate surface area is 181 Å². The summed E-state index contributed by atoms with van der Waals surface area (Å²) >= 11 is 0. The van der Waals surface area contributed by atoms with Crippen molar-refractivity contribution in [3.63, 3.8) is 0 Å². The minimum atomic E-state index is -0.948. The molecular weight excluding hydrogens is 397 g/mol. The van der Waals surface area contributed by atoms with Gasteiger partial charge in [-0.2, -0.15) is 0 Å². The van der Waals surface area contributed by atoms with Gasteiger partial charge >= 0.3 is 0 Å². The Morgan fingerprint density at radius 2 is 1.74 bits per heavy atom. The van der Waals surface area contributed by atoms with E-state index in [1.165, 1.54) is 11.0 Å². The van der Waals surface area contributed by atoms with Gasteiger partial charge in [0, 0.05) is 17.2 Å². The predicted octanol–water partition coefficient (Wildman–Crippen LogP) is 4.98. The van der Waals surface area contributed by atoms with E-state index in [1.54, 1.807) is 42.5 Å². The number of aliphatic hydroxyl groups is 1. The van der Waals surface area contributed by atoms with E-state index >= 15 is 0 Å². The van der Waals surface area contributed by atoms with E-state index in [2.05, 4.69) is 0 Å². The highest BCUT2D eigenvalue weighted by atomic mass is 19.1. The fourth-order valence-corrected chi connectivity index (χ4v) is 4.62. The molecule has 0 spiro atoms. The zero-order valence-corrected chi connectivity index (χ0v) is 17.5. The SMILES string of the molecule is CCOc1ccc(/C(O)=C2/C(=O)C(=O)N(C3CCCCC3)C2c2ccccc2F)cc1. The number of hydrogen-bond donors (Lipinski definition) is 1. The van der Waals surface area contributed by atoms with Crippen molar-refractivity contribution < 1.29 is 23.8 Å². The molecule has 1 aliphatic carbocycles. The molecule has 1 atom stereocenters. The second kappa shape index (κ2) is 8.92. The normalized spacial score (nSPS) is 21.5. The van der Waals surface area contributed by atoms with Crippen molar-refractivity contribution in [1.82, 2.24) is 4.90 Å². The van der Waals surface area contributed by atoms with Gasteiger partial charge in [0.15, 0.2) is 0 Å². The molecule has 2 aromatic rings. The van der Waals surface area contributed by atoms with E-state index in [0.29, 0.717) is 17.9 Å². The molecule has 2 aromatic carbocycles. The summed E-state index contributed by atoms with van der Waals surface area (Å²) in [5, 5.41) is 11.1. The highest BCUT2D eigenvalue weighted by Gasteiger charge is 2.49. The van der Waals surface area contributed by atoms with Gasteiger partial charge < -0.3 is 14.7 Å². The maximum absolute atomic E-state index is 14.8. The Bertz CT molecular complexity index is 1010. The minimum absolute atomic E-state index is 0.0650. The number of ether oxygens (including phenoxy) is 1. The second-order valence-electron chi connectivity index (χ2n) is 7.98. The molecule has 1 saturated heterocycles. The lowest BCUT2D eigenvalue weighted by molar-refractivity contribution is -0.141. The first-order chi connectivity index (χ1) is 15.0. The number of Topliss-reactive ketones (excluding diaryl/α,β-unsaturated/α-hetero) is 1. The van der Waals surface area contributed by atoms with Gasteiger partial charge in [0.05, 0.1) is 18.2 Å². The summed E-state index contributed by atoms with van der Waals surface area (Å²) in [5.74, 6) is -1.62. The van der Waals surface area contributed by atoms with Gasteiger partial charge in [-0.05, 0) is 50.1 Å². The summed E-state index contributed by atoms with van der Waals surface area (Å²) in [4.78, 5) is 27.7. The Balaban J connectivity index is 1.84. The van der Waals surface area contributed by atoms with Crippen LogP contribution in [0.3, 0.4) is 0 Å². The molecule has 0 aromatic heterocycles. The van der Waals surface area contributed by atoms with Crippen molar-refractivity contribution >= 4 is 17.4 Å². The number of likely N-dealkylation sites (tertiary alicyclic amines) is 1. The standard InChI is InChI=1S/C25H26FNO4/c1-2-31-18-14-12-16(13-15-18)23(28)21-22(19-10-6-7-11-20(19)26)27(25(30)24(21)29)17-8-4-3-5-9-17/h6-7,10-15,17,22,28H,2-5,8-9H2,1H3/b23-21-. The van der Waals surface area contributed by atoms with Crippen molar-refractivity contribution in [2.24, 2.45) is 0 Å². The van der Waals surface area contributed by atoms with Crippen LogP contribution < -0.4 is 4.74 Å². The highest BCUT2D eigenvalue weighted by Crippen LogP contribution is 2.43. The Hall–Kier alpha value is -3.15. The van der Waals surface area contributed by atoms with E-state index in [4.69, 9.17) is 4.74 Å². The topological polar surface area (TPSA) is 66.8 Å². The first-order valence-electron chi connectivity index (χ1n) is 10.8. The number of nitrogens with zero attached hydrogens (tertiary/aromatic N) is 1. The number of carbonyl (C=O) groups excluding carboxylic acids is 2. The molecule has 1 heterocycles. The molecule has 1 saturated carbocycles. The van der Waals surface area contributed by atoms with Crippen LogP contribution in [0.2, 0.25) is 0 Å². The summed E-state index contributed by atoms with van der Waals surface area (Å²) in [5.41, 5.74) is 0.538. The summed E-state index contributed by atoms with van der Waals surface area (Å²) in [7, 11) is 0. The summed E-state index contributed by atoms with van der Waals surface area (Å²) < 4.78 is 20.3. The van der Waals surface area contributed by atoms with E-state index in [1.807, 2.05) is 6.92 Å². The molecule has 2 fully saturated rings. The van der Waals surface area contributed by atoms with Gasteiger partial charge in [-0.1, -0.05) is 37.5 Å². The number of ketones is 1. The van der Waals surface area contributed by atoms with Crippen molar-refractivity contribution in [3.05, 3.63) is 71.0 Å². The van der Waals surface area contributed by atoms with E-state index < -0.39 is 23.5 Å². The first kappa shape index (κ1) is 21.1. The van der Waals surface area contributed by atoms with Crippen LogP contribution in [-0.4, -0.2) is 34.3 Å². The zero-order valence-electron chi connectivity index (χ0n) is 17.5. The van der Waals surface area contributed by atoms with E-state index in [9.17, 15) is 19.1 Å². The molecule has 1 N–H and O–H groups in total. The number of aliphatic hydroxyl groups excluding tert-OH is 1. The van der Waals surface area contributed by atoms with Gasteiger partial charge in [0.2, 0.25) is 0 Å². The second-order valence-corrected chi connectivity index (χ2v) is 7.98. The van der Waals surface area contributed by atoms with Crippen LogP contribution in [0.15, 0.2) is 54.1 Å². The first-order valence-corrected chi connectivity index (χ1v) is 10.8. The minimum Gasteiger partial charge on any atom is -0.507 e. The van der Waals surface area contributed by atoms with Crippen molar-refractivity contribution in [3.8, 4) is 5.75 Å². The molecule has 4 rings (SSSR count). The third kappa shape index (κ3) is 3.94. The molecule has 5 nitrogen and oxygen atoms in total. The number of benzene rings is 2. The van der Waals surface area contributed by atoms with Crippen LogP contribution >= 0.6 is 0 Å². The van der Waals surface area contributed by atoms with E-state index in [0.717, 1.165) is 32.1 Å². The average Bonchev–Trinajstić information content (AvgIpc) is 3.05. The molecule has 6 heteroatoms. The number of halogens is 1. The Kier molecular flexibility index (Phi) is 6.07. The zero-order chi connectivity index (χ0) is 22.0.